The topological polar surface area (TPSA) is 75.7 Å². The highest BCUT2D eigenvalue weighted by molar-refractivity contribution is 5.80. The highest BCUT2D eigenvalue weighted by Crippen LogP contribution is 2.16. The molecule has 0 atom stereocenters. The van der Waals surface area contributed by atoms with Crippen LogP contribution in [0.5, 0.6) is 0 Å². The van der Waals surface area contributed by atoms with E-state index in [0.717, 1.165) is 17.9 Å². The van der Waals surface area contributed by atoms with Crippen LogP contribution >= 0.6 is 0 Å². The van der Waals surface area contributed by atoms with Gasteiger partial charge >= 0.3 is 0 Å². The number of hydrogen-bond donors (Lipinski definition) is 1. The Hall–Kier alpha value is -2.25. The number of rotatable bonds is 5. The number of hydrogen-bond acceptors (Lipinski definition) is 5. The second-order valence-electron chi connectivity index (χ2n) is 6.75. The molecule has 0 unspecified atom stereocenters. The summed E-state index contributed by atoms with van der Waals surface area (Å²) in [6.45, 7) is 7.48. The molecule has 0 saturated carbocycles. The van der Waals surface area contributed by atoms with Gasteiger partial charge in [0.2, 0.25) is 5.78 Å². The molecule has 1 N–H and O–H groups in total. The lowest BCUT2D eigenvalue weighted by atomic mass is 10.1. The molecule has 0 spiro atoms. The van der Waals surface area contributed by atoms with Crippen molar-refractivity contribution in [2.75, 3.05) is 13.1 Å². The lowest BCUT2D eigenvalue weighted by Crippen LogP contribution is -2.38. The van der Waals surface area contributed by atoms with E-state index >= 15 is 0 Å². The third kappa shape index (κ3) is 2.92. The number of aromatic nitrogens is 4. The summed E-state index contributed by atoms with van der Waals surface area (Å²) in [5.74, 6) is 1.27. The van der Waals surface area contributed by atoms with Crippen LogP contribution in [0.3, 0.4) is 0 Å². The van der Waals surface area contributed by atoms with Gasteiger partial charge in [-0.1, -0.05) is 19.1 Å². The summed E-state index contributed by atoms with van der Waals surface area (Å²) in [6, 6.07) is 7.48. The van der Waals surface area contributed by atoms with E-state index in [1.54, 1.807) is 20.9 Å². The zero-order valence-electron chi connectivity index (χ0n) is 14.5. The van der Waals surface area contributed by atoms with E-state index < -0.39 is 5.60 Å². The van der Waals surface area contributed by atoms with E-state index in [0.29, 0.717) is 24.3 Å². The van der Waals surface area contributed by atoms with Crippen molar-refractivity contribution in [1.29, 1.82) is 0 Å². The predicted molar refractivity (Wildman–Crippen MR) is 93.0 cm³/mol. The monoisotopic (exact) mass is 329 g/mol. The number of para-hydroxylation sites is 1. The summed E-state index contributed by atoms with van der Waals surface area (Å²) in [4.78, 5) is 14.6. The van der Waals surface area contributed by atoms with Gasteiger partial charge in [-0.3, -0.25) is 18.7 Å². The molecule has 2 aromatic heterocycles. The van der Waals surface area contributed by atoms with Gasteiger partial charge in [-0.05, 0) is 32.5 Å². The molecule has 0 aliphatic rings. The Morgan fingerprint density at radius 3 is 2.62 bits per heavy atom. The third-order valence-corrected chi connectivity index (χ3v) is 4.12. The average Bonchev–Trinajstić information content (AvgIpc) is 2.94. The van der Waals surface area contributed by atoms with E-state index in [-0.39, 0.29) is 5.56 Å². The maximum Gasteiger partial charge on any atom is 0.262 e. The Morgan fingerprint density at radius 2 is 1.96 bits per heavy atom. The lowest BCUT2D eigenvalue weighted by Gasteiger charge is -2.27. The molecular formula is C17H23N5O2. The fraction of sp³-hybridized carbons (Fsp3) is 0.471. The molecule has 128 valence electrons. The van der Waals surface area contributed by atoms with Crippen molar-refractivity contribution in [1.82, 2.24) is 24.1 Å². The number of aliphatic hydroxyl groups is 1. The molecule has 24 heavy (non-hydrogen) atoms. The van der Waals surface area contributed by atoms with Gasteiger partial charge in [-0.25, -0.2) is 0 Å². The molecule has 1 aromatic carbocycles. The van der Waals surface area contributed by atoms with Crippen LogP contribution in [0.15, 0.2) is 29.1 Å². The molecule has 0 amide bonds. The van der Waals surface area contributed by atoms with Crippen molar-refractivity contribution in [3.8, 4) is 0 Å². The first-order valence-electron chi connectivity index (χ1n) is 8.08. The number of nitrogens with zero attached hydrogens (tertiary/aromatic N) is 5. The standard InChI is InChI=1S/C17H23N5O2/c1-5-21(11-17(2,3)24)10-14-18-19-16-20(4)15(23)12-8-6-7-9-13(12)22(14)16/h6-9,24H,5,10-11H2,1-4H3. The molecule has 0 fully saturated rings. The summed E-state index contributed by atoms with van der Waals surface area (Å²) >= 11 is 0. The van der Waals surface area contributed by atoms with Gasteiger partial charge in [0.15, 0.2) is 5.82 Å². The summed E-state index contributed by atoms with van der Waals surface area (Å²) in [5.41, 5.74) is -0.0680. The van der Waals surface area contributed by atoms with Gasteiger partial charge < -0.3 is 5.11 Å². The largest absolute Gasteiger partial charge is 0.389 e. The van der Waals surface area contributed by atoms with Gasteiger partial charge in [-0.15, -0.1) is 10.2 Å². The summed E-state index contributed by atoms with van der Waals surface area (Å²) in [7, 11) is 1.71. The van der Waals surface area contributed by atoms with Crippen molar-refractivity contribution < 1.29 is 5.11 Å². The number of aryl methyl sites for hydroxylation is 1. The Morgan fingerprint density at radius 1 is 1.25 bits per heavy atom. The Balaban J connectivity index is 2.15. The van der Waals surface area contributed by atoms with Crippen molar-refractivity contribution in [3.63, 3.8) is 0 Å². The van der Waals surface area contributed by atoms with Gasteiger partial charge in [0.05, 0.1) is 23.0 Å². The Labute approximate surface area is 140 Å². The fourth-order valence-corrected chi connectivity index (χ4v) is 3.02. The van der Waals surface area contributed by atoms with Gasteiger partial charge in [0.1, 0.15) is 0 Å². The second kappa shape index (κ2) is 5.99. The SMILES string of the molecule is CCN(Cc1nnc2n(C)c(=O)c3ccccc3n12)CC(C)(C)O. The van der Waals surface area contributed by atoms with Gasteiger partial charge in [0, 0.05) is 13.6 Å². The van der Waals surface area contributed by atoms with Crippen LogP contribution in [0.4, 0.5) is 0 Å². The minimum Gasteiger partial charge on any atom is -0.389 e. The molecule has 3 rings (SSSR count). The average molecular weight is 329 g/mol. The molecule has 0 saturated heterocycles. The maximum absolute atomic E-state index is 12.5. The van der Waals surface area contributed by atoms with Crippen LogP contribution < -0.4 is 5.56 Å². The summed E-state index contributed by atoms with van der Waals surface area (Å²) < 4.78 is 3.44. The van der Waals surface area contributed by atoms with Gasteiger partial charge in [0.25, 0.3) is 5.56 Å². The lowest BCUT2D eigenvalue weighted by molar-refractivity contribution is 0.0345. The number of benzene rings is 1. The predicted octanol–water partition coefficient (Wildman–Crippen LogP) is 1.17. The first kappa shape index (κ1) is 16.6. The van der Waals surface area contributed by atoms with Crippen LogP contribution in [0.2, 0.25) is 0 Å². The van der Waals surface area contributed by atoms with Crippen molar-refractivity contribution >= 4 is 16.7 Å². The molecule has 0 radical (unpaired) electrons. The van der Waals surface area contributed by atoms with E-state index in [4.69, 9.17) is 0 Å². The van der Waals surface area contributed by atoms with E-state index in [9.17, 15) is 9.90 Å². The minimum atomic E-state index is -0.786. The molecule has 0 aliphatic heterocycles. The Bertz CT molecular complexity index is 936. The Kier molecular flexibility index (Phi) is 4.15. The van der Waals surface area contributed by atoms with E-state index in [2.05, 4.69) is 15.1 Å². The maximum atomic E-state index is 12.5. The third-order valence-electron chi connectivity index (χ3n) is 4.12. The van der Waals surface area contributed by atoms with E-state index in [1.807, 2.05) is 35.6 Å². The van der Waals surface area contributed by atoms with Crippen LogP contribution in [-0.2, 0) is 13.6 Å². The van der Waals surface area contributed by atoms with Crippen LogP contribution in [0, 0.1) is 0 Å². The molecule has 0 aliphatic carbocycles. The second-order valence-corrected chi connectivity index (χ2v) is 6.75. The molecule has 3 aromatic rings. The van der Waals surface area contributed by atoms with Crippen molar-refractivity contribution in [3.05, 3.63) is 40.4 Å². The fourth-order valence-electron chi connectivity index (χ4n) is 3.02. The first-order chi connectivity index (χ1) is 11.3. The molecule has 0 bridgehead atoms. The molecule has 2 heterocycles. The zero-order valence-corrected chi connectivity index (χ0v) is 14.5. The molecular weight excluding hydrogens is 306 g/mol. The van der Waals surface area contributed by atoms with Crippen LogP contribution in [0.1, 0.15) is 26.6 Å². The smallest absolute Gasteiger partial charge is 0.262 e. The number of fused-ring (bicyclic) bond motifs is 3. The van der Waals surface area contributed by atoms with Crippen molar-refractivity contribution in [2.45, 2.75) is 32.9 Å². The molecule has 7 nitrogen and oxygen atoms in total. The highest BCUT2D eigenvalue weighted by atomic mass is 16.3. The van der Waals surface area contributed by atoms with Crippen LogP contribution in [-0.4, -0.2) is 47.9 Å². The van der Waals surface area contributed by atoms with Crippen LogP contribution in [0.25, 0.3) is 16.7 Å². The van der Waals surface area contributed by atoms with Gasteiger partial charge in [-0.2, -0.15) is 0 Å². The highest BCUT2D eigenvalue weighted by Gasteiger charge is 2.20. The first-order valence-corrected chi connectivity index (χ1v) is 8.08. The zero-order chi connectivity index (χ0) is 17.5. The minimum absolute atomic E-state index is 0.0825. The summed E-state index contributed by atoms with van der Waals surface area (Å²) in [6.07, 6.45) is 0. The molecule has 7 heteroatoms. The normalized spacial score (nSPS) is 12.6. The van der Waals surface area contributed by atoms with Crippen molar-refractivity contribution in [2.24, 2.45) is 7.05 Å². The number of likely N-dealkylation sites (N-methyl/N-ethyl adjacent to an activating group) is 1. The van der Waals surface area contributed by atoms with E-state index in [1.165, 1.54) is 4.57 Å². The summed E-state index contributed by atoms with van der Waals surface area (Å²) in [5, 5.41) is 19.2. The quantitative estimate of drug-likeness (QED) is 0.760.